The first-order valence-corrected chi connectivity index (χ1v) is 11.8. The summed E-state index contributed by atoms with van der Waals surface area (Å²) in [7, 11) is 1.62. The Morgan fingerprint density at radius 3 is 2.96 bits per heavy atom. The fourth-order valence-corrected chi connectivity index (χ4v) is 5.76. The van der Waals surface area contributed by atoms with Crippen LogP contribution in [0.1, 0.15) is 50.0 Å². The highest BCUT2D eigenvalue weighted by Crippen LogP contribution is 2.35. The first kappa shape index (κ1) is 21.3. The zero-order chi connectivity index (χ0) is 20.1. The van der Waals surface area contributed by atoms with Gasteiger partial charge in [0.1, 0.15) is 4.83 Å². The predicted octanol–water partition coefficient (Wildman–Crippen LogP) is 3.38. The molecule has 1 unspecified atom stereocenters. The second-order valence-corrected chi connectivity index (χ2v) is 9.33. The second-order valence-electron chi connectivity index (χ2n) is 7.31. The maximum Gasteiger partial charge on any atom is 0.263 e. The monoisotopic (exact) mass is 423 g/mol. The van der Waals surface area contributed by atoms with E-state index in [4.69, 9.17) is 9.72 Å². The highest BCUT2D eigenvalue weighted by molar-refractivity contribution is 7.99. The summed E-state index contributed by atoms with van der Waals surface area (Å²) >= 11 is 3.00. The molecular weight excluding hydrogens is 394 g/mol. The van der Waals surface area contributed by atoms with Gasteiger partial charge in [-0.05, 0) is 38.2 Å². The van der Waals surface area contributed by atoms with Crippen LogP contribution in [0.4, 0.5) is 0 Å². The van der Waals surface area contributed by atoms with Crippen LogP contribution in [0.3, 0.4) is 0 Å². The van der Waals surface area contributed by atoms with E-state index < -0.39 is 0 Å². The molecule has 1 amide bonds. The molecular formula is C20H29N3O3S2. The molecule has 0 radical (unpaired) electrons. The van der Waals surface area contributed by atoms with Crippen LogP contribution >= 0.6 is 23.1 Å². The molecule has 1 aliphatic carbocycles. The van der Waals surface area contributed by atoms with Crippen LogP contribution in [0.5, 0.6) is 0 Å². The Morgan fingerprint density at radius 2 is 2.21 bits per heavy atom. The lowest BCUT2D eigenvalue weighted by atomic mass is 10.2. The van der Waals surface area contributed by atoms with E-state index in [1.807, 2.05) is 6.92 Å². The topological polar surface area (TPSA) is 73.2 Å². The van der Waals surface area contributed by atoms with Gasteiger partial charge in [0.05, 0.1) is 17.7 Å². The van der Waals surface area contributed by atoms with E-state index in [1.165, 1.54) is 22.2 Å². The number of fused-ring (bicyclic) bond motifs is 3. The van der Waals surface area contributed by atoms with Gasteiger partial charge in [0, 0.05) is 24.6 Å². The number of nitrogens with zero attached hydrogens (tertiary/aromatic N) is 2. The molecule has 0 aliphatic heterocycles. The number of methoxy groups -OCH3 is 1. The SMILES string of the molecule is CCCCCn1c(SCC(=O)NC(C)COC)nc2sc3c(c2c1=O)CCC3. The van der Waals surface area contributed by atoms with Crippen LogP contribution in [0, 0.1) is 0 Å². The van der Waals surface area contributed by atoms with Gasteiger partial charge in [-0.15, -0.1) is 11.3 Å². The lowest BCUT2D eigenvalue weighted by Crippen LogP contribution is -2.36. The fraction of sp³-hybridized carbons (Fsp3) is 0.650. The number of thiophene rings is 1. The minimum Gasteiger partial charge on any atom is -0.383 e. The van der Waals surface area contributed by atoms with Crippen LogP contribution in [0.2, 0.25) is 0 Å². The first-order valence-electron chi connectivity index (χ1n) is 10.0. The lowest BCUT2D eigenvalue weighted by molar-refractivity contribution is -0.119. The molecule has 0 saturated heterocycles. The van der Waals surface area contributed by atoms with Crippen LogP contribution in [-0.4, -0.2) is 41.0 Å². The van der Waals surface area contributed by atoms with Gasteiger partial charge in [-0.3, -0.25) is 14.2 Å². The number of carbonyl (C=O) groups excluding carboxylic acids is 1. The third-order valence-electron chi connectivity index (χ3n) is 4.93. The average Bonchev–Trinajstić information content (AvgIpc) is 3.23. The molecule has 0 fully saturated rings. The number of rotatable bonds is 10. The molecule has 8 heteroatoms. The largest absolute Gasteiger partial charge is 0.383 e. The van der Waals surface area contributed by atoms with E-state index in [1.54, 1.807) is 23.0 Å². The molecule has 6 nitrogen and oxygen atoms in total. The quantitative estimate of drug-likeness (QED) is 0.360. The Morgan fingerprint density at radius 1 is 1.39 bits per heavy atom. The molecule has 2 aromatic rings. The molecule has 0 spiro atoms. The molecule has 2 aromatic heterocycles. The summed E-state index contributed by atoms with van der Waals surface area (Å²) in [5.41, 5.74) is 1.28. The third kappa shape index (κ3) is 4.78. The number of amides is 1. The van der Waals surface area contributed by atoms with Crippen molar-refractivity contribution in [3.63, 3.8) is 0 Å². The van der Waals surface area contributed by atoms with E-state index in [0.717, 1.165) is 48.7 Å². The summed E-state index contributed by atoms with van der Waals surface area (Å²) in [5.74, 6) is 0.169. The van der Waals surface area contributed by atoms with Crippen molar-refractivity contribution in [2.75, 3.05) is 19.5 Å². The van der Waals surface area contributed by atoms with E-state index >= 15 is 0 Å². The molecule has 0 aromatic carbocycles. The molecule has 1 atom stereocenters. The number of aryl methyl sites for hydroxylation is 2. The van der Waals surface area contributed by atoms with Crippen molar-refractivity contribution in [1.82, 2.24) is 14.9 Å². The van der Waals surface area contributed by atoms with Gasteiger partial charge in [0.15, 0.2) is 5.16 Å². The number of aromatic nitrogens is 2. The van der Waals surface area contributed by atoms with Crippen LogP contribution in [-0.2, 0) is 28.9 Å². The minimum atomic E-state index is -0.0716. The Bertz CT molecular complexity index is 891. The van der Waals surface area contributed by atoms with Gasteiger partial charge >= 0.3 is 0 Å². The third-order valence-corrected chi connectivity index (χ3v) is 7.09. The van der Waals surface area contributed by atoms with E-state index in [0.29, 0.717) is 18.3 Å². The average molecular weight is 424 g/mol. The fourth-order valence-electron chi connectivity index (χ4n) is 3.62. The molecule has 0 saturated carbocycles. The van der Waals surface area contributed by atoms with Gasteiger partial charge in [-0.1, -0.05) is 31.5 Å². The number of ether oxygens (including phenoxy) is 1. The van der Waals surface area contributed by atoms with Crippen molar-refractivity contribution in [2.45, 2.75) is 70.1 Å². The van der Waals surface area contributed by atoms with Gasteiger partial charge in [0.2, 0.25) is 5.91 Å². The Hall–Kier alpha value is -1.38. The zero-order valence-corrected chi connectivity index (χ0v) is 18.5. The zero-order valence-electron chi connectivity index (χ0n) is 16.9. The number of hydrogen-bond acceptors (Lipinski definition) is 6. The molecule has 3 rings (SSSR count). The molecule has 2 heterocycles. The normalized spacial score (nSPS) is 14.4. The van der Waals surface area contributed by atoms with Gasteiger partial charge in [-0.25, -0.2) is 4.98 Å². The van der Waals surface area contributed by atoms with Crippen molar-refractivity contribution >= 4 is 39.2 Å². The smallest absolute Gasteiger partial charge is 0.263 e. The van der Waals surface area contributed by atoms with Gasteiger partial charge in [0.25, 0.3) is 5.56 Å². The Labute approximate surface area is 174 Å². The number of carbonyl (C=O) groups is 1. The maximum atomic E-state index is 13.3. The summed E-state index contributed by atoms with van der Waals surface area (Å²) < 4.78 is 6.85. The first-order chi connectivity index (χ1) is 13.5. The highest BCUT2D eigenvalue weighted by atomic mass is 32.2. The standard InChI is InChI=1S/C20H29N3O3S2/c1-4-5-6-10-23-19(25)17-14-8-7-9-15(14)28-18(17)22-20(23)27-12-16(24)21-13(2)11-26-3/h13H,4-12H2,1-3H3,(H,21,24). The lowest BCUT2D eigenvalue weighted by Gasteiger charge is -2.14. The van der Waals surface area contributed by atoms with Crippen molar-refractivity contribution in [1.29, 1.82) is 0 Å². The van der Waals surface area contributed by atoms with Crippen molar-refractivity contribution in [3.8, 4) is 0 Å². The second kappa shape index (κ2) is 9.89. The summed E-state index contributed by atoms with van der Waals surface area (Å²) in [6, 6.07) is -0.0412. The van der Waals surface area contributed by atoms with Crippen molar-refractivity contribution in [3.05, 3.63) is 20.8 Å². The van der Waals surface area contributed by atoms with E-state index in [9.17, 15) is 9.59 Å². The summed E-state index contributed by atoms with van der Waals surface area (Å²) in [6.45, 7) is 5.19. The minimum absolute atomic E-state index is 0.0412. The van der Waals surface area contributed by atoms with Crippen LogP contribution in [0.25, 0.3) is 10.2 Å². The predicted molar refractivity (Wildman–Crippen MR) is 116 cm³/mol. The van der Waals surface area contributed by atoms with Crippen LogP contribution in [0.15, 0.2) is 9.95 Å². The number of nitrogens with one attached hydrogen (secondary N) is 1. The van der Waals surface area contributed by atoms with E-state index in [-0.39, 0.29) is 23.3 Å². The number of unbranched alkanes of at least 4 members (excludes halogenated alkanes) is 2. The summed E-state index contributed by atoms with van der Waals surface area (Å²) in [4.78, 5) is 32.5. The van der Waals surface area contributed by atoms with Gasteiger partial charge in [-0.2, -0.15) is 0 Å². The Balaban J connectivity index is 1.84. The Kier molecular flexibility index (Phi) is 7.54. The molecule has 1 N–H and O–H groups in total. The summed E-state index contributed by atoms with van der Waals surface area (Å²) in [5, 5.41) is 4.38. The number of hydrogen-bond donors (Lipinski definition) is 1. The van der Waals surface area contributed by atoms with Crippen molar-refractivity contribution < 1.29 is 9.53 Å². The molecule has 0 bridgehead atoms. The number of thioether (sulfide) groups is 1. The summed E-state index contributed by atoms with van der Waals surface area (Å²) in [6.07, 6.45) is 6.27. The molecule has 154 valence electrons. The molecule has 28 heavy (non-hydrogen) atoms. The maximum absolute atomic E-state index is 13.3. The van der Waals surface area contributed by atoms with Crippen LogP contribution < -0.4 is 10.9 Å². The van der Waals surface area contributed by atoms with Crippen molar-refractivity contribution in [2.24, 2.45) is 0 Å². The van der Waals surface area contributed by atoms with Gasteiger partial charge < -0.3 is 10.1 Å². The highest BCUT2D eigenvalue weighted by Gasteiger charge is 2.23. The van der Waals surface area contributed by atoms with E-state index in [2.05, 4.69) is 12.2 Å². The molecule has 1 aliphatic rings.